The molecule has 1 saturated carbocycles. The summed E-state index contributed by atoms with van der Waals surface area (Å²) in [5.41, 5.74) is 3.42. The maximum atomic E-state index is 11.9. The molecule has 1 atom stereocenters. The Balaban J connectivity index is 2.29. The first-order valence-electron chi connectivity index (χ1n) is 5.87. The van der Waals surface area contributed by atoms with Crippen LogP contribution in [0.1, 0.15) is 32.1 Å². The zero-order valence-electron chi connectivity index (χ0n) is 9.65. The van der Waals surface area contributed by atoms with E-state index < -0.39 is 26.8 Å². The maximum absolute atomic E-state index is 11.9. The summed E-state index contributed by atoms with van der Waals surface area (Å²) in [5, 5.41) is 2.63. The number of carbonyl (C=O) groups is 1. The Morgan fingerprint density at radius 3 is 2.41 bits per heavy atom. The molecule has 0 bridgehead atoms. The predicted octanol–water partition coefficient (Wildman–Crippen LogP) is 0.129. The van der Waals surface area contributed by atoms with E-state index in [0.29, 0.717) is 12.8 Å². The molecule has 0 aromatic carbocycles. The number of rotatable bonds is 2. The molecule has 2 aliphatic rings. The SMILES string of the molecule is NC(=O)NC1(C2OCCS2(=O)=O)CCCCC1. The number of primary amides is 1. The van der Waals surface area contributed by atoms with E-state index in [9.17, 15) is 13.2 Å². The quantitative estimate of drug-likeness (QED) is 0.739. The molecule has 2 rings (SSSR count). The minimum Gasteiger partial charge on any atom is -0.359 e. The summed E-state index contributed by atoms with van der Waals surface area (Å²) < 4.78 is 29.2. The van der Waals surface area contributed by atoms with Crippen LogP contribution in [0.2, 0.25) is 0 Å². The Morgan fingerprint density at radius 2 is 1.94 bits per heavy atom. The molecule has 0 aromatic heterocycles. The summed E-state index contributed by atoms with van der Waals surface area (Å²) in [4.78, 5) is 11.1. The summed E-state index contributed by atoms with van der Waals surface area (Å²) in [6.07, 6.45) is 4.04. The molecule has 0 aromatic rings. The molecule has 3 N–H and O–H groups in total. The first kappa shape index (κ1) is 12.6. The van der Waals surface area contributed by atoms with Gasteiger partial charge in [-0.15, -0.1) is 0 Å². The van der Waals surface area contributed by atoms with Crippen LogP contribution in [0.3, 0.4) is 0 Å². The highest BCUT2D eigenvalue weighted by Gasteiger charge is 2.50. The van der Waals surface area contributed by atoms with Gasteiger partial charge in [0.1, 0.15) is 0 Å². The van der Waals surface area contributed by atoms with Crippen LogP contribution in [0.25, 0.3) is 0 Å². The van der Waals surface area contributed by atoms with Crippen molar-refractivity contribution in [2.24, 2.45) is 5.73 Å². The Bertz CT molecular complexity index is 401. The molecule has 7 heteroatoms. The number of hydrogen-bond donors (Lipinski definition) is 2. The Morgan fingerprint density at radius 1 is 1.29 bits per heavy atom. The van der Waals surface area contributed by atoms with Crippen molar-refractivity contribution < 1.29 is 17.9 Å². The van der Waals surface area contributed by atoms with Crippen molar-refractivity contribution >= 4 is 15.9 Å². The second-order valence-corrected chi connectivity index (χ2v) is 6.94. The van der Waals surface area contributed by atoms with Gasteiger partial charge in [-0.2, -0.15) is 0 Å². The Labute approximate surface area is 101 Å². The lowest BCUT2D eigenvalue weighted by Gasteiger charge is -2.40. The first-order chi connectivity index (χ1) is 7.96. The van der Waals surface area contributed by atoms with E-state index in [2.05, 4.69) is 5.32 Å². The monoisotopic (exact) mass is 262 g/mol. The molecule has 0 spiro atoms. The lowest BCUT2D eigenvalue weighted by Crippen LogP contribution is -2.60. The largest absolute Gasteiger partial charge is 0.359 e. The minimum atomic E-state index is -3.28. The third-order valence-corrected chi connectivity index (χ3v) is 5.51. The van der Waals surface area contributed by atoms with E-state index >= 15 is 0 Å². The second-order valence-electron chi connectivity index (χ2n) is 4.78. The smallest absolute Gasteiger partial charge is 0.312 e. The van der Waals surface area contributed by atoms with Crippen LogP contribution in [0.15, 0.2) is 0 Å². The average molecular weight is 262 g/mol. The molecule has 1 unspecified atom stereocenters. The standard InChI is InChI=1S/C10H18N2O4S/c11-9(13)12-10(4-2-1-3-5-10)8-16-6-7-17(8,14)15/h8H,1-7H2,(H3,11,12,13). The van der Waals surface area contributed by atoms with Crippen LogP contribution >= 0.6 is 0 Å². The summed E-state index contributed by atoms with van der Waals surface area (Å²) in [7, 11) is -3.28. The highest BCUT2D eigenvalue weighted by Crippen LogP contribution is 2.37. The fourth-order valence-corrected chi connectivity index (χ4v) is 4.66. The van der Waals surface area contributed by atoms with Gasteiger partial charge < -0.3 is 15.8 Å². The van der Waals surface area contributed by atoms with Gasteiger partial charge in [-0.1, -0.05) is 19.3 Å². The fraction of sp³-hybridized carbons (Fsp3) is 0.900. The predicted molar refractivity (Wildman–Crippen MR) is 62.1 cm³/mol. The van der Waals surface area contributed by atoms with Crippen molar-refractivity contribution in [2.45, 2.75) is 43.1 Å². The molecular formula is C10H18N2O4S. The molecule has 1 aliphatic carbocycles. The van der Waals surface area contributed by atoms with Crippen LogP contribution < -0.4 is 11.1 Å². The van der Waals surface area contributed by atoms with E-state index in [-0.39, 0.29) is 12.4 Å². The molecule has 2 fully saturated rings. The number of nitrogens with two attached hydrogens (primary N) is 1. The second kappa shape index (κ2) is 4.45. The van der Waals surface area contributed by atoms with E-state index in [1.165, 1.54) is 0 Å². The lowest BCUT2D eigenvalue weighted by molar-refractivity contribution is 0.0460. The van der Waals surface area contributed by atoms with Crippen LogP contribution in [0.4, 0.5) is 4.79 Å². The van der Waals surface area contributed by atoms with Crippen molar-refractivity contribution in [1.29, 1.82) is 0 Å². The van der Waals surface area contributed by atoms with Gasteiger partial charge in [-0.3, -0.25) is 0 Å². The number of ether oxygens (including phenoxy) is 1. The molecule has 1 heterocycles. The number of amides is 2. The topological polar surface area (TPSA) is 98.5 Å². The normalized spacial score (nSPS) is 30.9. The van der Waals surface area contributed by atoms with Crippen LogP contribution in [0.5, 0.6) is 0 Å². The number of sulfone groups is 1. The zero-order chi connectivity index (χ0) is 12.5. The molecule has 98 valence electrons. The lowest BCUT2D eigenvalue weighted by atomic mass is 9.82. The highest BCUT2D eigenvalue weighted by molar-refractivity contribution is 7.92. The van der Waals surface area contributed by atoms with Crippen molar-refractivity contribution in [3.8, 4) is 0 Å². The summed E-state index contributed by atoms with van der Waals surface area (Å²) in [5.74, 6) is 0.0276. The summed E-state index contributed by atoms with van der Waals surface area (Å²) in [6.45, 7) is 0.204. The van der Waals surface area contributed by atoms with Crippen molar-refractivity contribution in [3.05, 3.63) is 0 Å². The van der Waals surface area contributed by atoms with Crippen molar-refractivity contribution in [2.75, 3.05) is 12.4 Å². The van der Waals surface area contributed by atoms with Gasteiger partial charge in [0.15, 0.2) is 15.3 Å². The first-order valence-corrected chi connectivity index (χ1v) is 7.59. The van der Waals surface area contributed by atoms with Gasteiger partial charge in [0.2, 0.25) is 0 Å². The summed E-state index contributed by atoms with van der Waals surface area (Å²) in [6, 6.07) is -0.683. The van der Waals surface area contributed by atoms with Gasteiger partial charge in [-0.25, -0.2) is 13.2 Å². The number of urea groups is 1. The minimum absolute atomic E-state index is 0.0276. The van der Waals surface area contributed by atoms with Crippen LogP contribution in [0, 0.1) is 0 Å². The average Bonchev–Trinajstić information content (AvgIpc) is 2.59. The molecule has 0 radical (unpaired) electrons. The molecule has 17 heavy (non-hydrogen) atoms. The number of nitrogens with one attached hydrogen (secondary N) is 1. The van der Waals surface area contributed by atoms with E-state index in [4.69, 9.17) is 10.5 Å². The molecule has 1 aliphatic heterocycles. The van der Waals surface area contributed by atoms with Gasteiger partial charge in [-0.05, 0) is 12.8 Å². The van der Waals surface area contributed by atoms with E-state index in [0.717, 1.165) is 19.3 Å². The van der Waals surface area contributed by atoms with Crippen molar-refractivity contribution in [3.63, 3.8) is 0 Å². The maximum Gasteiger partial charge on any atom is 0.312 e. The highest BCUT2D eigenvalue weighted by atomic mass is 32.2. The number of hydrogen-bond acceptors (Lipinski definition) is 4. The van der Waals surface area contributed by atoms with E-state index in [1.807, 2.05) is 0 Å². The molecule has 2 amide bonds. The van der Waals surface area contributed by atoms with Gasteiger partial charge in [0.25, 0.3) is 0 Å². The third-order valence-electron chi connectivity index (χ3n) is 3.53. The number of carbonyl (C=O) groups excluding carboxylic acids is 1. The van der Waals surface area contributed by atoms with Crippen LogP contribution in [-0.2, 0) is 14.6 Å². The Hall–Kier alpha value is -0.820. The fourth-order valence-electron chi connectivity index (χ4n) is 2.83. The van der Waals surface area contributed by atoms with Crippen molar-refractivity contribution in [1.82, 2.24) is 5.32 Å². The molecular weight excluding hydrogens is 244 g/mol. The van der Waals surface area contributed by atoms with Gasteiger partial charge in [0.05, 0.1) is 17.9 Å². The van der Waals surface area contributed by atoms with E-state index in [1.54, 1.807) is 0 Å². The zero-order valence-corrected chi connectivity index (χ0v) is 10.5. The third kappa shape index (κ3) is 2.40. The van der Waals surface area contributed by atoms with Gasteiger partial charge >= 0.3 is 6.03 Å². The summed E-state index contributed by atoms with van der Waals surface area (Å²) >= 11 is 0. The Kier molecular flexibility index (Phi) is 3.31. The molecule has 6 nitrogen and oxygen atoms in total. The molecule has 1 saturated heterocycles. The van der Waals surface area contributed by atoms with Gasteiger partial charge in [0, 0.05) is 0 Å². The van der Waals surface area contributed by atoms with Crippen LogP contribution in [-0.4, -0.2) is 37.8 Å².